The van der Waals surface area contributed by atoms with Crippen LogP contribution in [0.5, 0.6) is 5.75 Å². The number of benzene rings is 2. The Kier molecular flexibility index (Phi) is 6.16. The fourth-order valence-electron chi connectivity index (χ4n) is 3.30. The van der Waals surface area contributed by atoms with Crippen molar-refractivity contribution in [2.75, 3.05) is 30.4 Å². The van der Waals surface area contributed by atoms with Gasteiger partial charge in [-0.15, -0.1) is 0 Å². The van der Waals surface area contributed by atoms with Crippen LogP contribution in [0.1, 0.15) is 18.9 Å². The molecule has 3 rings (SSSR count). The molecular formula is C22H25N3O4. The average Bonchev–Trinajstić information content (AvgIpc) is 2.81. The van der Waals surface area contributed by atoms with Gasteiger partial charge in [0.05, 0.1) is 17.9 Å². The molecule has 29 heavy (non-hydrogen) atoms. The summed E-state index contributed by atoms with van der Waals surface area (Å²) < 4.78 is 5.59. The summed E-state index contributed by atoms with van der Waals surface area (Å²) in [6, 6.07) is 14.3. The molecule has 0 spiro atoms. The van der Waals surface area contributed by atoms with Crippen LogP contribution in [0.4, 0.5) is 11.4 Å². The average molecular weight is 395 g/mol. The van der Waals surface area contributed by atoms with Gasteiger partial charge in [-0.2, -0.15) is 0 Å². The van der Waals surface area contributed by atoms with Gasteiger partial charge in [0.1, 0.15) is 5.75 Å². The second-order valence-corrected chi connectivity index (χ2v) is 7.19. The maximum Gasteiger partial charge on any atom is 0.260 e. The van der Waals surface area contributed by atoms with Crippen molar-refractivity contribution >= 4 is 29.1 Å². The third-order valence-corrected chi connectivity index (χ3v) is 4.87. The highest BCUT2D eigenvalue weighted by Crippen LogP contribution is 2.31. The van der Waals surface area contributed by atoms with Gasteiger partial charge in [0.2, 0.25) is 11.8 Å². The van der Waals surface area contributed by atoms with E-state index in [-0.39, 0.29) is 43.3 Å². The molecule has 0 saturated carbocycles. The molecule has 3 amide bonds. The zero-order chi connectivity index (χ0) is 21.0. The van der Waals surface area contributed by atoms with Gasteiger partial charge in [0, 0.05) is 19.5 Å². The summed E-state index contributed by atoms with van der Waals surface area (Å²) in [7, 11) is 1.57. The van der Waals surface area contributed by atoms with Crippen LogP contribution in [-0.4, -0.2) is 48.9 Å². The lowest BCUT2D eigenvalue weighted by molar-refractivity contribution is -0.135. The molecule has 0 fully saturated rings. The van der Waals surface area contributed by atoms with E-state index in [1.54, 1.807) is 36.2 Å². The van der Waals surface area contributed by atoms with Gasteiger partial charge in [0.15, 0.2) is 6.61 Å². The molecular weight excluding hydrogens is 370 g/mol. The molecule has 1 atom stereocenters. The van der Waals surface area contributed by atoms with Crippen molar-refractivity contribution in [3.8, 4) is 5.75 Å². The molecule has 1 N–H and O–H groups in total. The monoisotopic (exact) mass is 395 g/mol. The van der Waals surface area contributed by atoms with Gasteiger partial charge < -0.3 is 19.9 Å². The minimum absolute atomic E-state index is 0.108. The number of ether oxygens (including phenoxy) is 1. The van der Waals surface area contributed by atoms with Gasteiger partial charge in [-0.25, -0.2) is 0 Å². The maximum atomic E-state index is 13.0. The number of nitrogens with one attached hydrogen (secondary N) is 1. The second kappa shape index (κ2) is 8.77. The van der Waals surface area contributed by atoms with Gasteiger partial charge in [-0.05, 0) is 37.6 Å². The quantitative estimate of drug-likeness (QED) is 0.844. The van der Waals surface area contributed by atoms with Crippen LogP contribution in [0, 0.1) is 6.92 Å². The standard InChI is InChI=1S/C22H25N3O4/c1-15-8-4-7-11-19(15)29-14-22(28)24(3)13-21(27)25-16(2)12-20(26)23-17-9-5-6-10-18(17)25/h4-11,16H,12-14H2,1-3H3,(H,23,26). The Hall–Kier alpha value is -3.35. The van der Waals surface area contributed by atoms with Crippen LogP contribution in [0.25, 0.3) is 0 Å². The van der Waals surface area contributed by atoms with Crippen molar-refractivity contribution in [2.45, 2.75) is 26.3 Å². The first-order valence-electron chi connectivity index (χ1n) is 9.50. The summed E-state index contributed by atoms with van der Waals surface area (Å²) >= 11 is 0. The molecule has 2 aromatic carbocycles. The molecule has 7 heteroatoms. The van der Waals surface area contributed by atoms with Crippen molar-refractivity contribution < 1.29 is 19.1 Å². The molecule has 152 valence electrons. The highest BCUT2D eigenvalue weighted by Gasteiger charge is 2.30. The van der Waals surface area contributed by atoms with Gasteiger partial charge in [0.25, 0.3) is 5.91 Å². The number of rotatable bonds is 5. The molecule has 0 aliphatic carbocycles. The topological polar surface area (TPSA) is 79.0 Å². The zero-order valence-electron chi connectivity index (χ0n) is 16.8. The number of hydrogen-bond acceptors (Lipinski definition) is 4. The fourth-order valence-corrected chi connectivity index (χ4v) is 3.30. The first-order valence-corrected chi connectivity index (χ1v) is 9.50. The SMILES string of the molecule is Cc1ccccc1OCC(=O)N(C)CC(=O)N1c2ccccc2NC(=O)CC1C. The summed E-state index contributed by atoms with van der Waals surface area (Å²) in [5.41, 5.74) is 2.16. The van der Waals surface area contributed by atoms with E-state index in [1.165, 1.54) is 4.90 Å². The van der Waals surface area contributed by atoms with E-state index < -0.39 is 0 Å². The van der Waals surface area contributed by atoms with Crippen molar-refractivity contribution in [2.24, 2.45) is 0 Å². The summed E-state index contributed by atoms with van der Waals surface area (Å²) in [5.74, 6) is -0.0590. The molecule has 0 saturated heterocycles. The number of carbonyl (C=O) groups excluding carboxylic acids is 3. The largest absolute Gasteiger partial charge is 0.484 e. The van der Waals surface area contributed by atoms with E-state index in [9.17, 15) is 14.4 Å². The minimum Gasteiger partial charge on any atom is -0.484 e. The molecule has 7 nitrogen and oxygen atoms in total. The number of carbonyl (C=O) groups is 3. The molecule has 1 aliphatic rings. The van der Waals surface area contributed by atoms with Gasteiger partial charge in [-0.3, -0.25) is 14.4 Å². The molecule has 1 heterocycles. The molecule has 1 unspecified atom stereocenters. The number of hydrogen-bond donors (Lipinski definition) is 1. The Bertz CT molecular complexity index is 928. The van der Waals surface area contributed by atoms with Crippen LogP contribution in [0.3, 0.4) is 0 Å². The molecule has 2 aromatic rings. The number of amides is 3. The second-order valence-electron chi connectivity index (χ2n) is 7.19. The smallest absolute Gasteiger partial charge is 0.260 e. The first-order chi connectivity index (χ1) is 13.9. The lowest BCUT2D eigenvalue weighted by Gasteiger charge is -2.29. The Labute approximate surface area is 170 Å². The summed E-state index contributed by atoms with van der Waals surface area (Å²) in [6.07, 6.45) is 0.189. The summed E-state index contributed by atoms with van der Waals surface area (Å²) in [4.78, 5) is 40.5. The number of para-hydroxylation sites is 3. The highest BCUT2D eigenvalue weighted by molar-refractivity contribution is 6.05. The van der Waals surface area contributed by atoms with Crippen LogP contribution >= 0.6 is 0 Å². The minimum atomic E-state index is -0.321. The zero-order valence-corrected chi connectivity index (χ0v) is 16.8. The molecule has 0 bridgehead atoms. The Balaban J connectivity index is 1.67. The van der Waals surface area contributed by atoms with E-state index in [0.29, 0.717) is 17.1 Å². The summed E-state index contributed by atoms with van der Waals surface area (Å²) in [6.45, 7) is 3.47. The number of nitrogens with zero attached hydrogens (tertiary/aromatic N) is 2. The van der Waals surface area contributed by atoms with Crippen LogP contribution < -0.4 is 15.0 Å². The van der Waals surface area contributed by atoms with Gasteiger partial charge in [-0.1, -0.05) is 30.3 Å². The Morgan fingerprint density at radius 1 is 1.17 bits per heavy atom. The predicted octanol–water partition coefficient (Wildman–Crippen LogP) is 2.60. The molecule has 0 radical (unpaired) electrons. The number of aryl methyl sites for hydroxylation is 1. The normalized spacial score (nSPS) is 15.8. The Morgan fingerprint density at radius 3 is 2.62 bits per heavy atom. The van der Waals surface area contributed by atoms with E-state index in [4.69, 9.17) is 4.74 Å². The van der Waals surface area contributed by atoms with E-state index in [1.807, 2.05) is 38.1 Å². The molecule has 0 aromatic heterocycles. The van der Waals surface area contributed by atoms with E-state index >= 15 is 0 Å². The predicted molar refractivity (Wildman–Crippen MR) is 111 cm³/mol. The number of anilines is 2. The maximum absolute atomic E-state index is 13.0. The van der Waals surface area contributed by atoms with E-state index in [2.05, 4.69) is 5.32 Å². The van der Waals surface area contributed by atoms with Crippen molar-refractivity contribution in [1.82, 2.24) is 4.90 Å². The van der Waals surface area contributed by atoms with Crippen LogP contribution in [-0.2, 0) is 14.4 Å². The van der Waals surface area contributed by atoms with Crippen molar-refractivity contribution in [3.63, 3.8) is 0 Å². The van der Waals surface area contributed by atoms with Crippen molar-refractivity contribution in [1.29, 1.82) is 0 Å². The summed E-state index contributed by atoms with van der Waals surface area (Å²) in [5, 5.41) is 2.82. The third kappa shape index (κ3) is 4.74. The van der Waals surface area contributed by atoms with Gasteiger partial charge >= 0.3 is 0 Å². The fraction of sp³-hybridized carbons (Fsp3) is 0.318. The highest BCUT2D eigenvalue weighted by atomic mass is 16.5. The van der Waals surface area contributed by atoms with Crippen molar-refractivity contribution in [3.05, 3.63) is 54.1 Å². The lowest BCUT2D eigenvalue weighted by Crippen LogP contribution is -2.46. The van der Waals surface area contributed by atoms with Crippen LogP contribution in [0.15, 0.2) is 48.5 Å². The van der Waals surface area contributed by atoms with Crippen LogP contribution in [0.2, 0.25) is 0 Å². The number of fused-ring (bicyclic) bond motifs is 1. The molecule has 1 aliphatic heterocycles. The van der Waals surface area contributed by atoms with E-state index in [0.717, 1.165) is 5.56 Å². The third-order valence-electron chi connectivity index (χ3n) is 4.87. The first kappa shape index (κ1) is 20.4. The number of likely N-dealkylation sites (N-methyl/N-ethyl adjacent to an activating group) is 1. The lowest BCUT2D eigenvalue weighted by atomic mass is 10.1. The Morgan fingerprint density at radius 2 is 1.86 bits per heavy atom.